The van der Waals surface area contributed by atoms with Crippen LogP contribution in [0.1, 0.15) is 57.4 Å². The molecular formula is C30H24N2O9. The molecule has 0 spiro atoms. The number of benzene rings is 4. The Bertz CT molecular complexity index is 1530. The number of carbonyl (C=O) groups excluding carboxylic acids is 1. The van der Waals surface area contributed by atoms with Gasteiger partial charge in [0.2, 0.25) is 0 Å². The maximum Gasteiger partial charge on any atom is 0.337 e. The van der Waals surface area contributed by atoms with Crippen LogP contribution in [-0.4, -0.2) is 56.8 Å². The van der Waals surface area contributed by atoms with Crippen LogP contribution in [0.5, 0.6) is 0 Å². The minimum absolute atomic E-state index is 0.0225. The summed E-state index contributed by atoms with van der Waals surface area (Å²) in [6, 6.07) is 28.0. The van der Waals surface area contributed by atoms with Crippen LogP contribution >= 0.6 is 0 Å². The van der Waals surface area contributed by atoms with Gasteiger partial charge in [-0.3, -0.25) is 4.79 Å². The van der Waals surface area contributed by atoms with Crippen molar-refractivity contribution >= 4 is 41.0 Å². The van der Waals surface area contributed by atoms with Crippen molar-refractivity contribution in [1.29, 1.82) is 0 Å². The van der Waals surface area contributed by atoms with Gasteiger partial charge in [-0.1, -0.05) is 66.7 Å². The lowest BCUT2D eigenvalue weighted by Crippen LogP contribution is -2.23. The number of rotatable bonds is 10. The van der Waals surface area contributed by atoms with E-state index in [9.17, 15) is 44.4 Å². The highest BCUT2D eigenvalue weighted by molar-refractivity contribution is 6.21. The van der Waals surface area contributed by atoms with Gasteiger partial charge in [0.25, 0.3) is 0 Å². The van der Waals surface area contributed by atoms with Gasteiger partial charge < -0.3 is 31.1 Å². The summed E-state index contributed by atoms with van der Waals surface area (Å²) < 4.78 is 0. The number of carboxylic acid groups (broad SMARTS) is 4. The van der Waals surface area contributed by atoms with E-state index < -0.39 is 57.5 Å². The second kappa shape index (κ2) is 13.7. The molecule has 0 saturated carbocycles. The molecule has 0 fully saturated rings. The van der Waals surface area contributed by atoms with Crippen molar-refractivity contribution in [2.75, 3.05) is 17.3 Å². The predicted octanol–water partition coefficient (Wildman–Crippen LogP) is 4.88. The molecule has 0 bridgehead atoms. The molecule has 0 amide bonds. The molecule has 6 N–H and O–H groups in total. The molecule has 0 unspecified atom stereocenters. The van der Waals surface area contributed by atoms with Crippen LogP contribution in [0.4, 0.5) is 11.4 Å². The second-order valence-electron chi connectivity index (χ2n) is 8.27. The normalized spacial score (nSPS) is 9.95. The second-order valence-corrected chi connectivity index (χ2v) is 8.27. The molecule has 4 rings (SSSR count). The number of nitrogens with one attached hydrogen (secondary N) is 2. The number of aromatic carboxylic acids is 4. The Morgan fingerprint density at radius 1 is 0.488 bits per heavy atom. The molecule has 0 aliphatic rings. The highest BCUT2D eigenvalue weighted by Crippen LogP contribution is 2.27. The Kier molecular flexibility index (Phi) is 9.90. The van der Waals surface area contributed by atoms with E-state index in [0.29, 0.717) is 6.07 Å². The lowest BCUT2D eigenvalue weighted by Gasteiger charge is -2.14. The summed E-state index contributed by atoms with van der Waals surface area (Å²) in [5.41, 5.74) is -3.08. The van der Waals surface area contributed by atoms with E-state index in [1.165, 1.54) is 24.3 Å². The largest absolute Gasteiger partial charge is 0.478 e. The summed E-state index contributed by atoms with van der Waals surface area (Å²) in [5.74, 6) is -8.57. The molecule has 4 aromatic rings. The van der Waals surface area contributed by atoms with Crippen LogP contribution in [0.25, 0.3) is 0 Å². The number of hydrogen-bond donors (Lipinski definition) is 6. The Hall–Kier alpha value is -5.97. The standard InChI is InChI=1S/C17H10O9.C13H14N2/c18-13(7-4-2-1-3-5-7)8-6-9(14(19)20)11(16(23)24)12(17(25)26)10(8)15(21)22;1-3-7-12(8-4-1)14-11-15-13-9-5-2-6-10-13/h1-6H,(H,19,20)(H,21,22)(H,23,24)(H,25,26);1-10,14-15H,11H2. The van der Waals surface area contributed by atoms with Crippen LogP contribution < -0.4 is 10.6 Å². The van der Waals surface area contributed by atoms with Crippen molar-refractivity contribution in [3.63, 3.8) is 0 Å². The molecule has 0 aliphatic carbocycles. The summed E-state index contributed by atoms with van der Waals surface area (Å²) >= 11 is 0. The quantitative estimate of drug-likeness (QED) is 0.115. The van der Waals surface area contributed by atoms with Gasteiger partial charge in [-0.15, -0.1) is 0 Å². The third kappa shape index (κ3) is 7.54. The molecule has 0 aromatic heterocycles. The summed E-state index contributed by atoms with van der Waals surface area (Å²) in [5, 5.41) is 43.6. The summed E-state index contributed by atoms with van der Waals surface area (Å²) in [6.45, 7) is 0.730. The predicted molar refractivity (Wildman–Crippen MR) is 149 cm³/mol. The van der Waals surface area contributed by atoms with E-state index in [0.717, 1.165) is 18.0 Å². The molecule has 11 heteroatoms. The smallest absolute Gasteiger partial charge is 0.337 e. The third-order valence-electron chi connectivity index (χ3n) is 5.61. The first-order chi connectivity index (χ1) is 19.6. The van der Waals surface area contributed by atoms with Crippen molar-refractivity contribution in [2.24, 2.45) is 0 Å². The van der Waals surface area contributed by atoms with E-state index >= 15 is 0 Å². The third-order valence-corrected chi connectivity index (χ3v) is 5.61. The van der Waals surface area contributed by atoms with Crippen LogP contribution in [0, 0.1) is 0 Å². The highest BCUT2D eigenvalue weighted by Gasteiger charge is 2.34. The zero-order chi connectivity index (χ0) is 29.9. The van der Waals surface area contributed by atoms with Gasteiger partial charge in [-0.2, -0.15) is 0 Å². The number of carboxylic acids is 4. The molecule has 11 nitrogen and oxygen atoms in total. The van der Waals surface area contributed by atoms with Crippen molar-refractivity contribution in [3.05, 3.63) is 130 Å². The number of carbonyl (C=O) groups is 5. The first kappa shape index (κ1) is 29.6. The van der Waals surface area contributed by atoms with Crippen molar-refractivity contribution < 1.29 is 44.4 Å². The van der Waals surface area contributed by atoms with Gasteiger partial charge in [0, 0.05) is 22.5 Å². The molecule has 208 valence electrons. The molecule has 0 atom stereocenters. The minimum atomic E-state index is -1.98. The molecule has 0 aliphatic heterocycles. The van der Waals surface area contributed by atoms with Gasteiger partial charge in [-0.25, -0.2) is 19.2 Å². The number of hydrogen-bond acceptors (Lipinski definition) is 7. The van der Waals surface area contributed by atoms with E-state index in [1.807, 2.05) is 60.7 Å². The number of ketones is 1. The summed E-state index contributed by atoms with van der Waals surface area (Å²) in [4.78, 5) is 58.4. The lowest BCUT2D eigenvalue weighted by molar-refractivity contribution is 0.0618. The first-order valence-electron chi connectivity index (χ1n) is 11.9. The van der Waals surface area contributed by atoms with Crippen LogP contribution in [0.2, 0.25) is 0 Å². The SMILES string of the molecule is O=C(O)c1cc(C(=O)c2ccccc2)c(C(=O)O)c(C(=O)O)c1C(=O)O.c1ccc(NCNc2ccccc2)cc1. The van der Waals surface area contributed by atoms with Crippen LogP contribution in [0.3, 0.4) is 0 Å². The maximum atomic E-state index is 12.6. The van der Waals surface area contributed by atoms with Gasteiger partial charge in [0.1, 0.15) is 0 Å². The molecule has 41 heavy (non-hydrogen) atoms. The average molecular weight is 557 g/mol. The Labute approximate surface area is 233 Å². The summed E-state index contributed by atoms with van der Waals surface area (Å²) in [6.07, 6.45) is 0. The minimum Gasteiger partial charge on any atom is -0.478 e. The van der Waals surface area contributed by atoms with Crippen molar-refractivity contribution in [2.45, 2.75) is 0 Å². The Morgan fingerprint density at radius 3 is 1.27 bits per heavy atom. The fraction of sp³-hybridized carbons (Fsp3) is 0.0333. The number of anilines is 2. The molecular weight excluding hydrogens is 532 g/mol. The fourth-order valence-corrected chi connectivity index (χ4v) is 3.79. The zero-order valence-corrected chi connectivity index (χ0v) is 21.3. The first-order valence-corrected chi connectivity index (χ1v) is 11.9. The maximum absolute atomic E-state index is 12.6. The van der Waals surface area contributed by atoms with Crippen LogP contribution in [0.15, 0.2) is 97.1 Å². The van der Waals surface area contributed by atoms with Crippen molar-refractivity contribution in [3.8, 4) is 0 Å². The Morgan fingerprint density at radius 2 is 0.878 bits per heavy atom. The molecule has 4 aromatic carbocycles. The lowest BCUT2D eigenvalue weighted by atomic mass is 9.88. The Balaban J connectivity index is 0.000000260. The number of para-hydroxylation sites is 2. The van der Waals surface area contributed by atoms with E-state index in [4.69, 9.17) is 0 Å². The topological polar surface area (TPSA) is 190 Å². The fourth-order valence-electron chi connectivity index (χ4n) is 3.79. The van der Waals surface area contributed by atoms with Gasteiger partial charge in [-0.05, 0) is 30.3 Å². The molecule has 0 radical (unpaired) electrons. The highest BCUT2D eigenvalue weighted by atomic mass is 16.4. The summed E-state index contributed by atoms with van der Waals surface area (Å²) in [7, 11) is 0. The monoisotopic (exact) mass is 556 g/mol. The van der Waals surface area contributed by atoms with Gasteiger partial charge in [0.05, 0.1) is 28.9 Å². The van der Waals surface area contributed by atoms with E-state index in [1.54, 1.807) is 6.07 Å². The molecule has 0 saturated heterocycles. The van der Waals surface area contributed by atoms with Crippen LogP contribution in [-0.2, 0) is 0 Å². The van der Waals surface area contributed by atoms with Crippen molar-refractivity contribution in [1.82, 2.24) is 0 Å². The van der Waals surface area contributed by atoms with Gasteiger partial charge in [0.15, 0.2) is 5.78 Å². The molecule has 0 heterocycles. The average Bonchev–Trinajstić information content (AvgIpc) is 2.97. The van der Waals surface area contributed by atoms with E-state index in [2.05, 4.69) is 10.6 Å². The zero-order valence-electron chi connectivity index (χ0n) is 21.3. The van der Waals surface area contributed by atoms with Gasteiger partial charge >= 0.3 is 23.9 Å². The van der Waals surface area contributed by atoms with E-state index in [-0.39, 0.29) is 5.56 Å².